The number of hydrogen-bond donors (Lipinski definition) is 1. The molecular formula is C17H28N2OS. The Hall–Kier alpha value is -0.450. The van der Waals surface area contributed by atoms with Gasteiger partial charge in [-0.15, -0.1) is 11.3 Å². The van der Waals surface area contributed by atoms with Crippen LogP contribution >= 0.6 is 11.3 Å². The van der Waals surface area contributed by atoms with Crippen LogP contribution in [0.25, 0.3) is 0 Å². The van der Waals surface area contributed by atoms with Gasteiger partial charge in [0.2, 0.25) is 0 Å². The zero-order chi connectivity index (χ0) is 14.7. The van der Waals surface area contributed by atoms with Gasteiger partial charge in [0.15, 0.2) is 0 Å². The molecule has 2 fully saturated rings. The van der Waals surface area contributed by atoms with Gasteiger partial charge in [0.25, 0.3) is 0 Å². The summed E-state index contributed by atoms with van der Waals surface area (Å²) < 4.78 is 6.20. The molecule has 2 unspecified atom stereocenters. The zero-order valence-electron chi connectivity index (χ0n) is 13.4. The summed E-state index contributed by atoms with van der Waals surface area (Å²) in [5.74, 6) is 0.735. The van der Waals surface area contributed by atoms with Gasteiger partial charge in [-0.2, -0.15) is 0 Å². The molecule has 3 rings (SSSR count). The highest BCUT2D eigenvalue weighted by Gasteiger charge is 2.41. The number of nitrogens with one attached hydrogen (secondary N) is 1. The molecule has 1 aromatic heterocycles. The van der Waals surface area contributed by atoms with E-state index in [2.05, 4.69) is 29.5 Å². The van der Waals surface area contributed by atoms with Crippen molar-refractivity contribution in [3.8, 4) is 0 Å². The number of thiazole rings is 1. The van der Waals surface area contributed by atoms with Gasteiger partial charge in [-0.05, 0) is 45.1 Å². The normalized spacial score (nSPS) is 26.3. The molecular weight excluding hydrogens is 280 g/mol. The van der Waals surface area contributed by atoms with Crippen LogP contribution in [0.3, 0.4) is 0 Å². The first-order chi connectivity index (χ1) is 10.2. The van der Waals surface area contributed by atoms with Crippen LogP contribution in [-0.4, -0.2) is 29.8 Å². The summed E-state index contributed by atoms with van der Waals surface area (Å²) >= 11 is 1.77. The van der Waals surface area contributed by atoms with Crippen molar-refractivity contribution in [3.05, 3.63) is 16.1 Å². The maximum atomic E-state index is 6.20. The highest BCUT2D eigenvalue weighted by molar-refractivity contribution is 7.09. The molecule has 0 aromatic carbocycles. The lowest BCUT2D eigenvalue weighted by Crippen LogP contribution is -2.46. The van der Waals surface area contributed by atoms with Gasteiger partial charge in [0, 0.05) is 24.4 Å². The second kappa shape index (κ2) is 6.76. The van der Waals surface area contributed by atoms with Crippen LogP contribution in [0.15, 0.2) is 5.38 Å². The van der Waals surface area contributed by atoms with E-state index in [0.717, 1.165) is 25.5 Å². The minimum absolute atomic E-state index is 0.217. The fourth-order valence-electron chi connectivity index (χ4n) is 4.17. The fourth-order valence-corrected chi connectivity index (χ4v) is 4.80. The van der Waals surface area contributed by atoms with E-state index in [9.17, 15) is 0 Å². The van der Waals surface area contributed by atoms with Crippen LogP contribution in [0.5, 0.6) is 0 Å². The lowest BCUT2D eigenvalue weighted by molar-refractivity contribution is -0.0978. The summed E-state index contributed by atoms with van der Waals surface area (Å²) in [5, 5.41) is 7.13. The first kappa shape index (κ1) is 15.4. The molecule has 0 radical (unpaired) electrons. The molecule has 1 saturated heterocycles. The summed E-state index contributed by atoms with van der Waals surface area (Å²) in [6.07, 6.45) is 8.76. The van der Waals surface area contributed by atoms with Crippen LogP contribution in [0.2, 0.25) is 0 Å². The second-order valence-corrected chi connectivity index (χ2v) is 7.78. The van der Waals surface area contributed by atoms with Crippen LogP contribution in [0.1, 0.15) is 56.2 Å². The van der Waals surface area contributed by atoms with E-state index in [1.165, 1.54) is 49.2 Å². The molecule has 3 nitrogen and oxygen atoms in total. The SMILES string of the molecule is CCNC(Cc1csc(C)n1)C1CCOC2(CCCC2)C1. The average Bonchev–Trinajstić information content (AvgIpc) is 3.08. The van der Waals surface area contributed by atoms with E-state index in [4.69, 9.17) is 4.74 Å². The quantitative estimate of drug-likeness (QED) is 0.900. The van der Waals surface area contributed by atoms with Crippen molar-refractivity contribution in [2.45, 2.75) is 70.4 Å². The van der Waals surface area contributed by atoms with E-state index >= 15 is 0 Å². The Morgan fingerprint density at radius 1 is 1.48 bits per heavy atom. The lowest BCUT2D eigenvalue weighted by Gasteiger charge is -2.41. The number of ether oxygens (including phenoxy) is 1. The third kappa shape index (κ3) is 3.66. The first-order valence-electron chi connectivity index (χ1n) is 8.49. The molecule has 118 valence electrons. The van der Waals surface area contributed by atoms with Gasteiger partial charge in [-0.1, -0.05) is 19.8 Å². The molecule has 21 heavy (non-hydrogen) atoms. The van der Waals surface area contributed by atoms with E-state index in [1.54, 1.807) is 11.3 Å². The van der Waals surface area contributed by atoms with E-state index in [-0.39, 0.29) is 5.60 Å². The number of likely N-dealkylation sites (N-methyl/N-ethyl adjacent to an activating group) is 1. The molecule has 4 heteroatoms. The van der Waals surface area contributed by atoms with Crippen LogP contribution in [0, 0.1) is 12.8 Å². The van der Waals surface area contributed by atoms with Crippen molar-refractivity contribution in [2.24, 2.45) is 5.92 Å². The van der Waals surface area contributed by atoms with Gasteiger partial charge in [-0.25, -0.2) is 4.98 Å². The van der Waals surface area contributed by atoms with E-state index in [1.807, 2.05) is 0 Å². The molecule has 1 aromatic rings. The average molecular weight is 308 g/mol. The Labute approximate surface area is 132 Å². The van der Waals surface area contributed by atoms with Crippen molar-refractivity contribution < 1.29 is 4.74 Å². The smallest absolute Gasteiger partial charge is 0.0897 e. The first-order valence-corrected chi connectivity index (χ1v) is 9.37. The molecule has 0 amide bonds. The molecule has 1 aliphatic carbocycles. The van der Waals surface area contributed by atoms with Crippen molar-refractivity contribution in [1.29, 1.82) is 0 Å². The number of aryl methyl sites for hydroxylation is 1. The van der Waals surface area contributed by atoms with Gasteiger partial charge < -0.3 is 10.1 Å². The molecule has 0 bridgehead atoms. The van der Waals surface area contributed by atoms with Crippen molar-refractivity contribution in [1.82, 2.24) is 10.3 Å². The summed E-state index contributed by atoms with van der Waals surface area (Å²) in [7, 11) is 0. The Kier molecular flexibility index (Phi) is 4.97. The number of nitrogens with zero attached hydrogens (tertiary/aromatic N) is 1. The highest BCUT2D eigenvalue weighted by atomic mass is 32.1. The Morgan fingerprint density at radius 3 is 2.95 bits per heavy atom. The van der Waals surface area contributed by atoms with Gasteiger partial charge in [0.05, 0.1) is 16.3 Å². The van der Waals surface area contributed by atoms with Crippen LogP contribution in [0.4, 0.5) is 0 Å². The lowest BCUT2D eigenvalue weighted by atomic mass is 9.79. The minimum Gasteiger partial charge on any atom is -0.375 e. The molecule has 2 heterocycles. The second-order valence-electron chi connectivity index (χ2n) is 6.72. The monoisotopic (exact) mass is 308 g/mol. The molecule has 1 spiro atoms. The Bertz CT molecular complexity index is 453. The standard InChI is InChI=1S/C17H28N2OS/c1-3-18-16(10-15-12-21-13(2)19-15)14-6-9-20-17(11-14)7-4-5-8-17/h12,14,16,18H,3-11H2,1-2H3. The van der Waals surface area contributed by atoms with Crippen molar-refractivity contribution in [3.63, 3.8) is 0 Å². The van der Waals surface area contributed by atoms with Crippen molar-refractivity contribution >= 4 is 11.3 Å². The number of rotatable bonds is 5. The summed E-state index contributed by atoms with van der Waals surface area (Å²) in [4.78, 5) is 4.66. The van der Waals surface area contributed by atoms with Gasteiger partial charge >= 0.3 is 0 Å². The third-order valence-corrected chi connectivity index (χ3v) is 6.00. The van der Waals surface area contributed by atoms with Crippen LogP contribution < -0.4 is 5.32 Å². The largest absolute Gasteiger partial charge is 0.375 e. The summed E-state index contributed by atoms with van der Waals surface area (Å²) in [6.45, 7) is 6.29. The minimum atomic E-state index is 0.217. The number of hydrogen-bond acceptors (Lipinski definition) is 4. The van der Waals surface area contributed by atoms with E-state index in [0.29, 0.717) is 6.04 Å². The fraction of sp³-hybridized carbons (Fsp3) is 0.824. The maximum absolute atomic E-state index is 6.20. The zero-order valence-corrected chi connectivity index (χ0v) is 14.2. The third-order valence-electron chi connectivity index (χ3n) is 5.18. The topological polar surface area (TPSA) is 34.2 Å². The Morgan fingerprint density at radius 2 is 2.29 bits per heavy atom. The van der Waals surface area contributed by atoms with Crippen LogP contribution in [-0.2, 0) is 11.2 Å². The molecule has 1 N–H and O–H groups in total. The molecule has 2 atom stereocenters. The molecule has 1 saturated carbocycles. The van der Waals surface area contributed by atoms with Gasteiger partial charge in [-0.3, -0.25) is 0 Å². The predicted molar refractivity (Wildman–Crippen MR) is 87.9 cm³/mol. The number of aromatic nitrogens is 1. The summed E-state index contributed by atoms with van der Waals surface area (Å²) in [6, 6.07) is 0.554. The Balaban J connectivity index is 1.67. The highest BCUT2D eigenvalue weighted by Crippen LogP contribution is 2.43. The molecule has 1 aliphatic heterocycles. The summed E-state index contributed by atoms with van der Waals surface area (Å²) in [5.41, 5.74) is 1.48. The maximum Gasteiger partial charge on any atom is 0.0897 e. The van der Waals surface area contributed by atoms with Gasteiger partial charge in [0.1, 0.15) is 0 Å². The van der Waals surface area contributed by atoms with E-state index < -0.39 is 0 Å². The van der Waals surface area contributed by atoms with Crippen molar-refractivity contribution in [2.75, 3.05) is 13.2 Å². The molecule has 2 aliphatic rings. The predicted octanol–water partition coefficient (Wildman–Crippen LogP) is 3.71.